The fraction of sp³-hybridized carbons (Fsp3) is 0.375. The van der Waals surface area contributed by atoms with Gasteiger partial charge in [-0.25, -0.2) is 0 Å². The van der Waals surface area contributed by atoms with Crippen LogP contribution < -0.4 is 5.32 Å². The molecule has 1 saturated carbocycles. The molecule has 1 aromatic heterocycles. The monoisotopic (exact) mass is 286 g/mol. The number of carbonyl (C=O) groups excluding carboxylic acids is 1. The summed E-state index contributed by atoms with van der Waals surface area (Å²) in [5.41, 5.74) is 1.26. The Bertz CT molecular complexity index is 686. The third-order valence-corrected chi connectivity index (χ3v) is 4.38. The zero-order chi connectivity index (χ0) is 14.9. The van der Waals surface area contributed by atoms with Gasteiger partial charge in [0.05, 0.1) is 6.42 Å². The molecular weight excluding hydrogens is 268 g/mol. The molecule has 1 aliphatic rings. The van der Waals surface area contributed by atoms with E-state index in [9.17, 15) is 9.59 Å². The van der Waals surface area contributed by atoms with Crippen LogP contribution in [0.1, 0.15) is 36.0 Å². The number of benzene rings is 1. The van der Waals surface area contributed by atoms with Crippen molar-refractivity contribution in [3.8, 4) is 0 Å². The highest BCUT2D eigenvalue weighted by molar-refractivity contribution is 5.97. The van der Waals surface area contributed by atoms with Crippen LogP contribution in [0.2, 0.25) is 0 Å². The number of fused-ring (bicyclic) bond motifs is 1. The van der Waals surface area contributed by atoms with E-state index in [2.05, 4.69) is 10.3 Å². The van der Waals surface area contributed by atoms with E-state index in [0.717, 1.165) is 30.2 Å². The minimum absolute atomic E-state index is 0.128. The number of hydrogen-bond donors (Lipinski definition) is 3. The Morgan fingerprint density at radius 2 is 2.10 bits per heavy atom. The van der Waals surface area contributed by atoms with Gasteiger partial charge in [-0.05, 0) is 41.8 Å². The van der Waals surface area contributed by atoms with Crippen LogP contribution in [0.3, 0.4) is 0 Å². The fourth-order valence-electron chi connectivity index (χ4n) is 2.97. The zero-order valence-corrected chi connectivity index (χ0v) is 11.7. The standard InChI is InChI=1S/C16H18N2O3/c19-14(20)9-16(5-1-6-16)10-18-15(21)12-3-2-11-4-7-17-13(11)8-12/h2-4,7-8,17H,1,5-6,9-10H2,(H,18,21)(H,19,20). The Labute approximate surface area is 122 Å². The van der Waals surface area contributed by atoms with Crippen molar-refractivity contribution in [1.82, 2.24) is 10.3 Å². The normalized spacial score (nSPS) is 16.4. The molecule has 2 aromatic rings. The summed E-state index contributed by atoms with van der Waals surface area (Å²) in [5, 5.41) is 12.9. The smallest absolute Gasteiger partial charge is 0.303 e. The summed E-state index contributed by atoms with van der Waals surface area (Å²) in [6, 6.07) is 7.45. The summed E-state index contributed by atoms with van der Waals surface area (Å²) in [4.78, 5) is 26.2. The molecular formula is C16H18N2O3. The Hall–Kier alpha value is -2.30. The molecule has 0 bridgehead atoms. The first-order chi connectivity index (χ1) is 10.1. The summed E-state index contributed by atoms with van der Waals surface area (Å²) >= 11 is 0. The largest absolute Gasteiger partial charge is 0.481 e. The van der Waals surface area contributed by atoms with Crippen LogP contribution in [0.25, 0.3) is 10.9 Å². The van der Waals surface area contributed by atoms with Crippen molar-refractivity contribution in [2.75, 3.05) is 6.54 Å². The molecule has 0 radical (unpaired) electrons. The van der Waals surface area contributed by atoms with Gasteiger partial charge < -0.3 is 15.4 Å². The van der Waals surface area contributed by atoms with Crippen molar-refractivity contribution in [3.05, 3.63) is 36.0 Å². The topological polar surface area (TPSA) is 82.2 Å². The van der Waals surface area contributed by atoms with Crippen molar-refractivity contribution in [1.29, 1.82) is 0 Å². The van der Waals surface area contributed by atoms with Crippen LogP contribution in [-0.4, -0.2) is 28.5 Å². The number of hydrogen-bond acceptors (Lipinski definition) is 2. The minimum Gasteiger partial charge on any atom is -0.481 e. The molecule has 3 N–H and O–H groups in total. The summed E-state index contributed by atoms with van der Waals surface area (Å²) < 4.78 is 0. The number of aromatic amines is 1. The first-order valence-electron chi connectivity index (χ1n) is 7.15. The molecule has 0 atom stereocenters. The van der Waals surface area contributed by atoms with E-state index in [0.29, 0.717) is 12.1 Å². The lowest BCUT2D eigenvalue weighted by molar-refractivity contribution is -0.141. The van der Waals surface area contributed by atoms with E-state index in [-0.39, 0.29) is 17.7 Å². The van der Waals surface area contributed by atoms with Crippen molar-refractivity contribution in [2.45, 2.75) is 25.7 Å². The van der Waals surface area contributed by atoms with Crippen molar-refractivity contribution < 1.29 is 14.7 Å². The zero-order valence-electron chi connectivity index (χ0n) is 11.7. The highest BCUT2D eigenvalue weighted by atomic mass is 16.4. The molecule has 1 aliphatic carbocycles. The van der Waals surface area contributed by atoms with Crippen molar-refractivity contribution >= 4 is 22.8 Å². The number of amides is 1. The molecule has 0 saturated heterocycles. The van der Waals surface area contributed by atoms with Crippen LogP contribution in [0.5, 0.6) is 0 Å². The Kier molecular flexibility index (Phi) is 3.41. The Morgan fingerprint density at radius 1 is 1.29 bits per heavy atom. The van der Waals surface area contributed by atoms with E-state index < -0.39 is 5.97 Å². The SMILES string of the molecule is O=C(O)CC1(CNC(=O)c2ccc3cc[nH]c3c2)CCC1. The number of carboxylic acid groups (broad SMARTS) is 1. The Balaban J connectivity index is 1.66. The van der Waals surface area contributed by atoms with Crippen LogP contribution in [0, 0.1) is 5.41 Å². The maximum Gasteiger partial charge on any atom is 0.303 e. The molecule has 3 rings (SSSR count). The lowest BCUT2D eigenvalue weighted by Gasteiger charge is -2.40. The van der Waals surface area contributed by atoms with Gasteiger partial charge >= 0.3 is 5.97 Å². The number of H-pyrrole nitrogens is 1. The third-order valence-electron chi connectivity index (χ3n) is 4.38. The highest BCUT2D eigenvalue weighted by Gasteiger charge is 2.39. The quantitative estimate of drug-likeness (QED) is 0.790. The van der Waals surface area contributed by atoms with Crippen molar-refractivity contribution in [3.63, 3.8) is 0 Å². The van der Waals surface area contributed by atoms with E-state index in [1.807, 2.05) is 24.4 Å². The van der Waals surface area contributed by atoms with Gasteiger partial charge in [0.25, 0.3) is 5.91 Å². The van der Waals surface area contributed by atoms with E-state index >= 15 is 0 Å². The number of nitrogens with one attached hydrogen (secondary N) is 2. The lowest BCUT2D eigenvalue weighted by Crippen LogP contribution is -2.43. The van der Waals surface area contributed by atoms with Gasteiger partial charge in [-0.1, -0.05) is 12.5 Å². The number of carbonyl (C=O) groups is 2. The highest BCUT2D eigenvalue weighted by Crippen LogP contribution is 2.43. The molecule has 21 heavy (non-hydrogen) atoms. The predicted octanol–water partition coefficient (Wildman–Crippen LogP) is 2.54. The number of rotatable bonds is 5. The summed E-state index contributed by atoms with van der Waals surface area (Å²) in [6.45, 7) is 0.431. The summed E-state index contributed by atoms with van der Waals surface area (Å²) in [7, 11) is 0. The van der Waals surface area contributed by atoms with E-state index in [1.165, 1.54) is 0 Å². The second-order valence-corrected chi connectivity index (χ2v) is 5.89. The first-order valence-corrected chi connectivity index (χ1v) is 7.15. The Morgan fingerprint density at radius 3 is 2.76 bits per heavy atom. The molecule has 0 unspecified atom stereocenters. The van der Waals surface area contributed by atoms with Crippen LogP contribution >= 0.6 is 0 Å². The second-order valence-electron chi connectivity index (χ2n) is 5.89. The van der Waals surface area contributed by atoms with Gasteiger partial charge in [0.15, 0.2) is 0 Å². The molecule has 0 aliphatic heterocycles. The van der Waals surface area contributed by atoms with E-state index in [4.69, 9.17) is 5.11 Å². The maximum absolute atomic E-state index is 12.2. The maximum atomic E-state index is 12.2. The van der Waals surface area contributed by atoms with Crippen LogP contribution in [0.15, 0.2) is 30.5 Å². The molecule has 5 heteroatoms. The predicted molar refractivity (Wildman–Crippen MR) is 79.2 cm³/mol. The van der Waals surface area contributed by atoms with Crippen molar-refractivity contribution in [2.24, 2.45) is 5.41 Å². The lowest BCUT2D eigenvalue weighted by atomic mass is 9.66. The molecule has 1 aromatic carbocycles. The van der Waals surface area contributed by atoms with Gasteiger partial charge in [-0.3, -0.25) is 9.59 Å². The molecule has 1 heterocycles. The molecule has 110 valence electrons. The first kappa shape index (κ1) is 13.7. The van der Waals surface area contributed by atoms with Gasteiger partial charge in [0.1, 0.15) is 0 Å². The average molecular weight is 286 g/mol. The van der Waals surface area contributed by atoms with E-state index in [1.54, 1.807) is 6.07 Å². The third kappa shape index (κ3) is 2.77. The molecule has 1 amide bonds. The van der Waals surface area contributed by atoms with Gasteiger partial charge in [-0.2, -0.15) is 0 Å². The summed E-state index contributed by atoms with van der Waals surface area (Å²) in [6.07, 6.45) is 4.74. The number of aliphatic carboxylic acids is 1. The molecule has 1 fully saturated rings. The number of carboxylic acids is 1. The molecule has 0 spiro atoms. The molecule has 5 nitrogen and oxygen atoms in total. The van der Waals surface area contributed by atoms with Gasteiger partial charge in [0, 0.05) is 23.8 Å². The summed E-state index contributed by atoms with van der Waals surface area (Å²) in [5.74, 6) is -0.945. The van der Waals surface area contributed by atoms with Gasteiger partial charge in [0.2, 0.25) is 0 Å². The number of aromatic nitrogens is 1. The average Bonchev–Trinajstić information content (AvgIpc) is 2.88. The van der Waals surface area contributed by atoms with Crippen LogP contribution in [-0.2, 0) is 4.79 Å². The van der Waals surface area contributed by atoms with Crippen LogP contribution in [0.4, 0.5) is 0 Å². The van der Waals surface area contributed by atoms with Gasteiger partial charge in [-0.15, -0.1) is 0 Å². The fourth-order valence-corrected chi connectivity index (χ4v) is 2.97. The minimum atomic E-state index is -0.795. The second kappa shape index (κ2) is 5.24.